The quantitative estimate of drug-likeness (QED) is 0.154. The van der Waals surface area contributed by atoms with Gasteiger partial charge in [-0.15, -0.1) is 0 Å². The normalized spacial score (nSPS) is 11.2. The molecular formula is C22H18ClN3O5S. The first-order chi connectivity index (χ1) is 15.2. The van der Waals surface area contributed by atoms with E-state index < -0.39 is 16.1 Å². The maximum atomic E-state index is 12.4. The highest BCUT2D eigenvalue weighted by Crippen LogP contribution is 2.35. The van der Waals surface area contributed by atoms with Crippen LogP contribution in [0.2, 0.25) is 5.02 Å². The van der Waals surface area contributed by atoms with Crippen LogP contribution in [0.3, 0.4) is 0 Å². The fourth-order valence-electron chi connectivity index (χ4n) is 2.52. The van der Waals surface area contributed by atoms with Crippen LogP contribution in [0.1, 0.15) is 15.9 Å². The van der Waals surface area contributed by atoms with Crippen LogP contribution in [0.5, 0.6) is 11.5 Å². The third-order valence-corrected chi connectivity index (χ3v) is 5.22. The molecule has 4 N–H and O–H groups in total. The second-order valence-corrected chi connectivity index (χ2v) is 8.17. The average molecular weight is 472 g/mol. The molecule has 0 radical (unpaired) electrons. The molecule has 0 aliphatic carbocycles. The Morgan fingerprint density at radius 3 is 2.28 bits per heavy atom. The molecule has 0 aromatic heterocycles. The van der Waals surface area contributed by atoms with Crippen molar-refractivity contribution >= 4 is 45.4 Å². The summed E-state index contributed by atoms with van der Waals surface area (Å²) in [6.45, 7) is 0. The number of halogens is 1. The molecule has 0 aliphatic rings. The maximum absolute atomic E-state index is 12.4. The molecule has 3 rings (SSSR count). The zero-order chi connectivity index (χ0) is 23.1. The highest BCUT2D eigenvalue weighted by atomic mass is 35.5. The van der Waals surface area contributed by atoms with Crippen LogP contribution in [0.4, 0.5) is 5.69 Å². The summed E-state index contributed by atoms with van der Waals surface area (Å²) in [6, 6.07) is 19.1. The minimum Gasteiger partial charge on any atom is -0.421 e. The van der Waals surface area contributed by atoms with Gasteiger partial charge in [-0.3, -0.25) is 5.41 Å². The van der Waals surface area contributed by atoms with Crippen molar-refractivity contribution in [2.75, 3.05) is 5.32 Å². The van der Waals surface area contributed by atoms with Crippen molar-refractivity contribution in [3.05, 3.63) is 94.4 Å². The van der Waals surface area contributed by atoms with Crippen molar-refractivity contribution in [2.24, 2.45) is 5.73 Å². The van der Waals surface area contributed by atoms with Crippen molar-refractivity contribution in [2.45, 2.75) is 0 Å². The molecule has 164 valence electrons. The molecule has 0 unspecified atom stereocenters. The number of hydrogen-bond donors (Lipinski definition) is 3. The van der Waals surface area contributed by atoms with Gasteiger partial charge in [0.2, 0.25) is 0 Å². The van der Waals surface area contributed by atoms with Gasteiger partial charge in [0.05, 0.1) is 11.0 Å². The third-order valence-electron chi connectivity index (χ3n) is 3.96. The number of nitrogens with one attached hydrogen (secondary N) is 2. The molecule has 0 atom stereocenters. The Morgan fingerprint density at radius 2 is 1.62 bits per heavy atom. The molecule has 3 aromatic carbocycles. The molecule has 0 saturated carbocycles. The van der Waals surface area contributed by atoms with E-state index >= 15 is 0 Å². The number of nitrogens with two attached hydrogens (primary N) is 1. The minimum atomic E-state index is -4.11. The van der Waals surface area contributed by atoms with Crippen molar-refractivity contribution in [3.8, 4) is 11.5 Å². The minimum absolute atomic E-state index is 0.0673. The lowest BCUT2D eigenvalue weighted by molar-refractivity contribution is 0.0735. The number of carbonyl (C=O) groups is 1. The zero-order valence-corrected chi connectivity index (χ0v) is 18.1. The molecule has 8 nitrogen and oxygen atoms in total. The lowest BCUT2D eigenvalue weighted by atomic mass is 10.2. The van der Waals surface area contributed by atoms with Gasteiger partial charge in [0, 0.05) is 5.69 Å². The van der Waals surface area contributed by atoms with Crippen LogP contribution in [-0.4, -0.2) is 20.3 Å². The molecule has 0 saturated heterocycles. The Balaban J connectivity index is 1.73. The van der Waals surface area contributed by atoms with Crippen LogP contribution >= 0.6 is 11.6 Å². The van der Waals surface area contributed by atoms with Crippen molar-refractivity contribution in [1.29, 1.82) is 5.41 Å². The number of esters is 1. The molecule has 0 bridgehead atoms. The average Bonchev–Trinajstić information content (AvgIpc) is 2.76. The number of guanidine groups is 1. The van der Waals surface area contributed by atoms with E-state index in [1.807, 2.05) is 6.07 Å². The van der Waals surface area contributed by atoms with E-state index in [0.717, 1.165) is 5.41 Å². The van der Waals surface area contributed by atoms with E-state index in [4.69, 9.17) is 31.7 Å². The van der Waals surface area contributed by atoms with Crippen molar-refractivity contribution in [1.82, 2.24) is 0 Å². The molecule has 0 amide bonds. The monoisotopic (exact) mass is 471 g/mol. The summed E-state index contributed by atoms with van der Waals surface area (Å²) in [7, 11) is -4.11. The first-order valence-electron chi connectivity index (χ1n) is 9.13. The predicted molar refractivity (Wildman–Crippen MR) is 123 cm³/mol. The summed E-state index contributed by atoms with van der Waals surface area (Å²) in [6.07, 6.45) is 1.39. The molecule has 32 heavy (non-hydrogen) atoms. The Bertz CT molecular complexity index is 1260. The van der Waals surface area contributed by atoms with E-state index in [1.54, 1.807) is 36.4 Å². The number of carbonyl (C=O) groups excluding carboxylic acids is 1. The van der Waals surface area contributed by atoms with E-state index in [1.165, 1.54) is 36.4 Å². The topological polar surface area (TPSA) is 132 Å². The van der Waals surface area contributed by atoms with E-state index in [9.17, 15) is 13.2 Å². The smallest absolute Gasteiger partial charge is 0.343 e. The van der Waals surface area contributed by atoms with Gasteiger partial charge in [-0.2, -0.15) is 8.42 Å². The van der Waals surface area contributed by atoms with E-state index in [2.05, 4.69) is 5.32 Å². The molecule has 0 aliphatic heterocycles. The fraction of sp³-hybridized carbons (Fsp3) is 0. The molecule has 0 heterocycles. The van der Waals surface area contributed by atoms with Crippen LogP contribution < -0.4 is 20.0 Å². The first kappa shape index (κ1) is 22.9. The lowest BCUT2D eigenvalue weighted by Gasteiger charge is -2.10. The highest BCUT2D eigenvalue weighted by Gasteiger charge is 2.17. The zero-order valence-electron chi connectivity index (χ0n) is 16.5. The van der Waals surface area contributed by atoms with Gasteiger partial charge in [0.25, 0.3) is 0 Å². The Morgan fingerprint density at radius 1 is 0.969 bits per heavy atom. The Hall–Kier alpha value is -3.82. The standard InChI is InChI=1S/C22H18ClN3O5S/c23-20-18(30-21(27)16-9-11-17(12-10-16)26-22(24)25)7-4-8-19(20)31-32(28,29)14-13-15-5-2-1-3-6-15/h1-14H,(H4,24,25,26). The highest BCUT2D eigenvalue weighted by molar-refractivity contribution is 7.90. The summed E-state index contributed by atoms with van der Waals surface area (Å²) in [5.74, 6) is -1.21. The third kappa shape index (κ3) is 6.34. The fourth-order valence-corrected chi connectivity index (χ4v) is 3.53. The molecular weight excluding hydrogens is 454 g/mol. The summed E-state index contributed by atoms with van der Waals surface area (Å²) >= 11 is 6.21. The van der Waals surface area contributed by atoms with Crippen LogP contribution in [0.15, 0.2) is 78.2 Å². The summed E-state index contributed by atoms with van der Waals surface area (Å²) in [5, 5.41) is 10.5. The van der Waals surface area contributed by atoms with Crippen LogP contribution in [0.25, 0.3) is 6.08 Å². The van der Waals surface area contributed by atoms with Gasteiger partial charge in [-0.25, -0.2) is 4.79 Å². The van der Waals surface area contributed by atoms with Gasteiger partial charge in [0.1, 0.15) is 5.02 Å². The van der Waals surface area contributed by atoms with E-state index in [-0.39, 0.29) is 28.0 Å². The van der Waals surface area contributed by atoms with Gasteiger partial charge in [-0.05, 0) is 48.0 Å². The first-order valence-corrected chi connectivity index (χ1v) is 11.0. The molecule has 3 aromatic rings. The lowest BCUT2D eigenvalue weighted by Crippen LogP contribution is -2.20. The van der Waals surface area contributed by atoms with Gasteiger partial charge < -0.3 is 20.0 Å². The maximum Gasteiger partial charge on any atom is 0.343 e. The number of ether oxygens (including phenoxy) is 1. The number of hydrogen-bond acceptors (Lipinski definition) is 6. The molecule has 0 spiro atoms. The SMILES string of the molecule is N=C(N)Nc1ccc(C(=O)Oc2cccc(OS(=O)(=O)C=Cc3ccccc3)c2Cl)cc1. The van der Waals surface area contributed by atoms with E-state index in [0.29, 0.717) is 11.3 Å². The molecule has 10 heteroatoms. The number of anilines is 1. The number of rotatable bonds is 7. The van der Waals surface area contributed by atoms with Gasteiger partial charge in [-0.1, -0.05) is 48.0 Å². The van der Waals surface area contributed by atoms with Gasteiger partial charge in [0.15, 0.2) is 17.5 Å². The second-order valence-electron chi connectivity index (χ2n) is 6.36. The van der Waals surface area contributed by atoms with Crippen molar-refractivity contribution < 1.29 is 22.1 Å². The Kier molecular flexibility index (Phi) is 7.14. The van der Waals surface area contributed by atoms with Crippen molar-refractivity contribution in [3.63, 3.8) is 0 Å². The summed E-state index contributed by atoms with van der Waals surface area (Å²) in [4.78, 5) is 12.4. The summed E-state index contributed by atoms with van der Waals surface area (Å²) in [5.41, 5.74) is 6.67. The predicted octanol–water partition coefficient (Wildman–Crippen LogP) is 4.24. The van der Waals surface area contributed by atoms with Crippen LogP contribution in [0, 0.1) is 5.41 Å². The molecule has 0 fully saturated rings. The number of benzene rings is 3. The van der Waals surface area contributed by atoms with Crippen LogP contribution in [-0.2, 0) is 10.1 Å². The van der Waals surface area contributed by atoms with Gasteiger partial charge >= 0.3 is 16.1 Å². The largest absolute Gasteiger partial charge is 0.421 e. The Labute approximate surface area is 189 Å². The summed E-state index contributed by atoms with van der Waals surface area (Å²) < 4.78 is 34.9. The second kappa shape index (κ2) is 9.99.